The molecule has 0 aliphatic heterocycles. The van der Waals surface area contributed by atoms with Crippen LogP contribution in [0, 0.1) is 0 Å². The summed E-state index contributed by atoms with van der Waals surface area (Å²) in [7, 11) is -4.52. The summed E-state index contributed by atoms with van der Waals surface area (Å²) >= 11 is 0. The minimum absolute atomic E-state index is 0.0400. The quantitative estimate of drug-likeness (QED) is 0.0243. The van der Waals surface area contributed by atoms with Gasteiger partial charge in [0.05, 0.1) is 26.4 Å². The molecule has 0 bridgehead atoms. The van der Waals surface area contributed by atoms with Crippen LogP contribution in [0.15, 0.2) is 48.6 Å². The van der Waals surface area contributed by atoms with Crippen LogP contribution in [0.5, 0.6) is 0 Å². The number of allylic oxidation sites excluding steroid dienone is 8. The number of ether oxygens (including phenoxy) is 2. The Hall–Kier alpha value is -1.58. The van der Waals surface area contributed by atoms with Gasteiger partial charge in [0.2, 0.25) is 0 Å². The van der Waals surface area contributed by atoms with Crippen molar-refractivity contribution >= 4 is 13.8 Å². The molecule has 0 aliphatic carbocycles. The van der Waals surface area contributed by atoms with Crippen LogP contribution in [0.3, 0.4) is 0 Å². The third kappa shape index (κ3) is 38.2. The fraction of sp³-hybridized carbons (Fsp3) is 0.786. The molecule has 0 radical (unpaired) electrons. The highest BCUT2D eigenvalue weighted by atomic mass is 31.2. The van der Waals surface area contributed by atoms with Gasteiger partial charge in [-0.3, -0.25) is 13.8 Å². The largest absolute Gasteiger partial charge is 0.472 e. The molecule has 3 unspecified atom stereocenters. The van der Waals surface area contributed by atoms with Crippen LogP contribution in [0.1, 0.15) is 168 Å². The maximum Gasteiger partial charge on any atom is 0.472 e. The van der Waals surface area contributed by atoms with Gasteiger partial charge in [0, 0.05) is 13.0 Å². The Morgan fingerprint density at radius 2 is 1.10 bits per heavy atom. The Morgan fingerprint density at radius 1 is 0.615 bits per heavy atom. The second kappa shape index (κ2) is 39.1. The van der Waals surface area contributed by atoms with Crippen molar-refractivity contribution in [3.63, 3.8) is 0 Å². The molecule has 0 aromatic carbocycles. The number of carbonyl (C=O) groups is 1. The van der Waals surface area contributed by atoms with Crippen molar-refractivity contribution in [3.8, 4) is 0 Å². The Balaban J connectivity index is 4.22. The molecular formula is C42H77O9P. The van der Waals surface area contributed by atoms with Crippen LogP contribution in [0.25, 0.3) is 0 Å². The van der Waals surface area contributed by atoms with Crippen LogP contribution >= 0.6 is 7.82 Å². The van der Waals surface area contributed by atoms with Crippen LogP contribution in [-0.4, -0.2) is 66.3 Å². The van der Waals surface area contributed by atoms with Gasteiger partial charge in [-0.2, -0.15) is 0 Å². The third-order valence-corrected chi connectivity index (χ3v) is 9.45. The molecule has 3 atom stereocenters. The van der Waals surface area contributed by atoms with Crippen LogP contribution in [0.4, 0.5) is 0 Å². The highest BCUT2D eigenvalue weighted by Gasteiger charge is 2.26. The number of unbranched alkanes of at least 4 members (excludes halogenated alkanes) is 17. The van der Waals surface area contributed by atoms with Gasteiger partial charge >= 0.3 is 13.8 Å². The van der Waals surface area contributed by atoms with E-state index in [1.54, 1.807) is 0 Å². The van der Waals surface area contributed by atoms with Crippen LogP contribution in [-0.2, 0) is 27.9 Å². The van der Waals surface area contributed by atoms with E-state index in [0.717, 1.165) is 70.6 Å². The zero-order valence-electron chi connectivity index (χ0n) is 33.0. The predicted molar refractivity (Wildman–Crippen MR) is 214 cm³/mol. The maximum absolute atomic E-state index is 12.6. The number of phosphoric acid groups is 1. The molecule has 10 heteroatoms. The fourth-order valence-corrected chi connectivity index (χ4v) is 6.15. The summed E-state index contributed by atoms with van der Waals surface area (Å²) in [6, 6.07) is 0. The lowest BCUT2D eigenvalue weighted by atomic mass is 10.1. The number of hydrogen-bond donors (Lipinski definition) is 3. The first-order valence-electron chi connectivity index (χ1n) is 20.6. The first kappa shape index (κ1) is 50.4. The van der Waals surface area contributed by atoms with Gasteiger partial charge in [-0.05, 0) is 70.6 Å². The predicted octanol–water partition coefficient (Wildman–Crippen LogP) is 11.0. The van der Waals surface area contributed by atoms with Crippen molar-refractivity contribution in [2.24, 2.45) is 0 Å². The van der Waals surface area contributed by atoms with E-state index in [1.165, 1.54) is 70.6 Å². The minimum Gasteiger partial charge on any atom is -0.457 e. The number of hydrogen-bond acceptors (Lipinski definition) is 8. The summed E-state index contributed by atoms with van der Waals surface area (Å²) < 4.78 is 33.3. The second-order valence-corrected chi connectivity index (χ2v) is 15.1. The summed E-state index contributed by atoms with van der Waals surface area (Å²) in [6.45, 7) is 3.36. The van der Waals surface area contributed by atoms with E-state index in [0.29, 0.717) is 13.0 Å². The number of aliphatic hydroxyl groups excluding tert-OH is 2. The molecule has 0 spiro atoms. The fourth-order valence-electron chi connectivity index (χ4n) is 5.36. The molecule has 304 valence electrons. The van der Waals surface area contributed by atoms with Gasteiger partial charge in [0.15, 0.2) is 0 Å². The summed E-state index contributed by atoms with van der Waals surface area (Å²) in [5.41, 5.74) is 0. The molecule has 0 amide bonds. The summed E-state index contributed by atoms with van der Waals surface area (Å²) in [5, 5.41) is 18.3. The van der Waals surface area contributed by atoms with E-state index in [9.17, 15) is 19.4 Å². The van der Waals surface area contributed by atoms with Crippen LogP contribution in [0.2, 0.25) is 0 Å². The molecule has 0 aromatic heterocycles. The van der Waals surface area contributed by atoms with E-state index in [4.69, 9.17) is 23.6 Å². The Morgan fingerprint density at radius 3 is 1.67 bits per heavy atom. The summed E-state index contributed by atoms with van der Waals surface area (Å²) in [6.07, 6.45) is 42.0. The lowest BCUT2D eigenvalue weighted by molar-refractivity contribution is -0.154. The average Bonchev–Trinajstić information content (AvgIpc) is 3.13. The van der Waals surface area contributed by atoms with Gasteiger partial charge < -0.3 is 24.6 Å². The van der Waals surface area contributed by atoms with Gasteiger partial charge in [0.25, 0.3) is 0 Å². The van der Waals surface area contributed by atoms with Gasteiger partial charge in [0.1, 0.15) is 12.2 Å². The van der Waals surface area contributed by atoms with E-state index in [2.05, 4.69) is 62.5 Å². The van der Waals surface area contributed by atoms with E-state index in [-0.39, 0.29) is 19.6 Å². The number of phosphoric ester groups is 1. The molecule has 52 heavy (non-hydrogen) atoms. The molecular weight excluding hydrogens is 679 g/mol. The first-order chi connectivity index (χ1) is 25.3. The topological polar surface area (TPSA) is 132 Å². The number of carbonyl (C=O) groups excluding carboxylic acids is 1. The van der Waals surface area contributed by atoms with E-state index in [1.807, 2.05) is 0 Å². The molecule has 0 heterocycles. The number of aliphatic hydroxyl groups is 2. The Labute approximate surface area is 317 Å². The zero-order valence-corrected chi connectivity index (χ0v) is 33.9. The van der Waals surface area contributed by atoms with Crippen molar-refractivity contribution in [2.75, 3.05) is 33.0 Å². The molecule has 0 saturated carbocycles. The van der Waals surface area contributed by atoms with Crippen molar-refractivity contribution in [2.45, 2.75) is 180 Å². The molecule has 0 rings (SSSR count). The molecule has 0 saturated heterocycles. The van der Waals surface area contributed by atoms with Gasteiger partial charge in [-0.25, -0.2) is 4.57 Å². The summed E-state index contributed by atoms with van der Waals surface area (Å²) in [4.78, 5) is 22.5. The van der Waals surface area contributed by atoms with Crippen molar-refractivity contribution < 1.29 is 43.0 Å². The monoisotopic (exact) mass is 757 g/mol. The zero-order chi connectivity index (χ0) is 38.2. The highest BCUT2D eigenvalue weighted by Crippen LogP contribution is 2.43. The molecule has 0 aliphatic rings. The standard InChI is InChI=1S/C42H77O9P/c1-3-5-7-9-11-13-15-17-19-20-21-22-24-26-28-30-32-34-42(45)51-41(39-50-52(46,47)49-37-40(44)36-43)38-48-35-33-31-29-27-25-23-18-16-14-12-10-8-6-4-2/h5,7,11,13-14,16-17,19,40-41,43-44H,3-4,6,8-10,12,15,18,20-39H2,1-2H3,(H,46,47)/b7-5-,13-11-,16-14-,19-17-. The Kier molecular flexibility index (Phi) is 37.9. The lowest BCUT2D eigenvalue weighted by Gasteiger charge is -2.20. The van der Waals surface area contributed by atoms with E-state index >= 15 is 0 Å². The number of esters is 1. The number of rotatable bonds is 39. The Bertz CT molecular complexity index is 950. The second-order valence-electron chi connectivity index (χ2n) is 13.6. The highest BCUT2D eigenvalue weighted by molar-refractivity contribution is 7.47. The van der Waals surface area contributed by atoms with Crippen molar-refractivity contribution in [1.29, 1.82) is 0 Å². The third-order valence-electron chi connectivity index (χ3n) is 8.50. The molecule has 0 aromatic rings. The normalized spacial score (nSPS) is 14.6. The summed E-state index contributed by atoms with van der Waals surface area (Å²) in [5.74, 6) is -0.396. The first-order valence-corrected chi connectivity index (χ1v) is 22.1. The van der Waals surface area contributed by atoms with E-state index < -0.39 is 39.2 Å². The molecule has 0 fully saturated rings. The van der Waals surface area contributed by atoms with Crippen LogP contribution < -0.4 is 0 Å². The maximum atomic E-state index is 12.6. The average molecular weight is 757 g/mol. The van der Waals surface area contributed by atoms with Crippen molar-refractivity contribution in [1.82, 2.24) is 0 Å². The lowest BCUT2D eigenvalue weighted by Crippen LogP contribution is -2.29. The smallest absolute Gasteiger partial charge is 0.457 e. The molecule has 3 N–H and O–H groups in total. The minimum atomic E-state index is -4.52. The van der Waals surface area contributed by atoms with Crippen molar-refractivity contribution in [3.05, 3.63) is 48.6 Å². The van der Waals surface area contributed by atoms with Gasteiger partial charge in [-0.1, -0.05) is 140 Å². The van der Waals surface area contributed by atoms with Gasteiger partial charge in [-0.15, -0.1) is 0 Å². The molecule has 9 nitrogen and oxygen atoms in total. The SMILES string of the molecule is CC/C=C\C/C=C\C/C=C\CCCCCCCCCC(=O)OC(COCCCCCCCC/C=C\CCCCCC)COP(=O)(O)OCC(O)CO.